The van der Waals surface area contributed by atoms with Crippen molar-refractivity contribution in [2.24, 2.45) is 0 Å². The third-order valence-electron chi connectivity index (χ3n) is 6.25. The molecule has 0 unspecified atom stereocenters. The number of hydrogen-bond acceptors (Lipinski definition) is 7. The summed E-state index contributed by atoms with van der Waals surface area (Å²) < 4.78 is 25.8. The zero-order valence-electron chi connectivity index (χ0n) is 22.2. The maximum atomic E-state index is 14.1. The zero-order valence-corrected chi connectivity index (χ0v) is 22.2. The second kappa shape index (κ2) is 10.4. The molecule has 0 fully saturated rings. The van der Waals surface area contributed by atoms with Gasteiger partial charge >= 0.3 is 6.09 Å². The highest BCUT2D eigenvalue weighted by Gasteiger charge is 2.35. The molecule has 0 saturated heterocycles. The molecule has 0 radical (unpaired) electrons. The van der Waals surface area contributed by atoms with Gasteiger partial charge in [0.05, 0.1) is 11.8 Å². The van der Waals surface area contributed by atoms with E-state index >= 15 is 0 Å². The Labute approximate surface area is 216 Å². The van der Waals surface area contributed by atoms with E-state index in [0.29, 0.717) is 44.3 Å². The van der Waals surface area contributed by atoms with Gasteiger partial charge in [0.15, 0.2) is 11.6 Å². The first-order valence-corrected chi connectivity index (χ1v) is 12.5. The van der Waals surface area contributed by atoms with Crippen LogP contribution in [0.5, 0.6) is 11.5 Å². The highest BCUT2D eigenvalue weighted by molar-refractivity contribution is 5.97. The van der Waals surface area contributed by atoms with Gasteiger partial charge in [0.2, 0.25) is 0 Å². The van der Waals surface area contributed by atoms with Gasteiger partial charge in [-0.3, -0.25) is 4.79 Å². The van der Waals surface area contributed by atoms with Crippen LogP contribution in [0, 0.1) is 5.82 Å². The summed E-state index contributed by atoms with van der Waals surface area (Å²) in [5.74, 6) is 0.328. The molecule has 0 N–H and O–H groups in total. The predicted octanol–water partition coefficient (Wildman–Crippen LogP) is 4.65. The number of anilines is 1. The normalized spacial score (nSPS) is 15.4. The summed E-state index contributed by atoms with van der Waals surface area (Å²) in [5, 5.41) is 0. The van der Waals surface area contributed by atoms with Crippen LogP contribution in [-0.2, 0) is 4.74 Å². The minimum Gasteiger partial charge on any atom is -0.451 e. The molecule has 2 amide bonds. The molecular weight excluding hydrogens is 477 g/mol. The van der Waals surface area contributed by atoms with Crippen molar-refractivity contribution in [2.45, 2.75) is 53.2 Å². The molecule has 37 heavy (non-hydrogen) atoms. The van der Waals surface area contributed by atoms with Crippen LogP contribution in [0.15, 0.2) is 41.9 Å². The van der Waals surface area contributed by atoms with E-state index in [1.54, 1.807) is 9.80 Å². The smallest absolute Gasteiger partial charge is 0.410 e. The summed E-state index contributed by atoms with van der Waals surface area (Å²) in [6.07, 6.45) is 2.65. The van der Waals surface area contributed by atoms with Gasteiger partial charge in [-0.25, -0.2) is 19.2 Å². The van der Waals surface area contributed by atoms with Crippen molar-refractivity contribution in [3.05, 3.63) is 53.3 Å². The number of hydrogen-bond donors (Lipinski definition) is 0. The van der Waals surface area contributed by atoms with Gasteiger partial charge in [-0.15, -0.1) is 0 Å². The lowest BCUT2D eigenvalue weighted by Crippen LogP contribution is -2.38. The minimum atomic E-state index is -0.548. The Morgan fingerprint density at radius 2 is 1.78 bits per heavy atom. The Morgan fingerprint density at radius 3 is 2.38 bits per heavy atom. The van der Waals surface area contributed by atoms with E-state index in [4.69, 9.17) is 9.47 Å². The number of carbonyl (C=O) groups excluding carboxylic acids is 2. The van der Waals surface area contributed by atoms with Crippen molar-refractivity contribution in [3.63, 3.8) is 0 Å². The van der Waals surface area contributed by atoms with E-state index in [1.165, 1.54) is 30.7 Å². The topological polar surface area (TPSA) is 88.1 Å². The first kappa shape index (κ1) is 26.4. The SMILES string of the molecule is CCN(C(=O)c1cc(F)ccc1Oc1cncnc1N1CC2=C(CN(C(=O)OC(C)(C)C)C2)C1)C(C)C. The van der Waals surface area contributed by atoms with Crippen LogP contribution in [0.2, 0.25) is 0 Å². The summed E-state index contributed by atoms with van der Waals surface area (Å²) in [4.78, 5) is 39.7. The minimum absolute atomic E-state index is 0.0532. The van der Waals surface area contributed by atoms with Gasteiger partial charge in [-0.1, -0.05) is 0 Å². The largest absolute Gasteiger partial charge is 0.451 e. The Hall–Kier alpha value is -3.69. The van der Waals surface area contributed by atoms with Crippen molar-refractivity contribution >= 4 is 17.8 Å². The molecule has 0 bridgehead atoms. The molecular formula is C27H34FN5O4. The first-order valence-electron chi connectivity index (χ1n) is 12.5. The summed E-state index contributed by atoms with van der Waals surface area (Å²) in [6, 6.07) is 3.86. The lowest BCUT2D eigenvalue weighted by Gasteiger charge is -2.27. The molecule has 0 aliphatic carbocycles. The molecule has 3 heterocycles. The molecule has 1 aromatic carbocycles. The van der Waals surface area contributed by atoms with Gasteiger partial charge in [0, 0.05) is 38.8 Å². The van der Waals surface area contributed by atoms with Crippen molar-refractivity contribution in [1.82, 2.24) is 19.8 Å². The number of nitrogens with zero attached hydrogens (tertiary/aromatic N) is 5. The van der Waals surface area contributed by atoms with Gasteiger partial charge in [0.25, 0.3) is 5.91 Å². The maximum absolute atomic E-state index is 14.1. The van der Waals surface area contributed by atoms with E-state index in [-0.39, 0.29) is 29.4 Å². The van der Waals surface area contributed by atoms with E-state index in [9.17, 15) is 14.0 Å². The lowest BCUT2D eigenvalue weighted by atomic mass is 10.1. The number of carbonyl (C=O) groups is 2. The summed E-state index contributed by atoms with van der Waals surface area (Å²) >= 11 is 0. The van der Waals surface area contributed by atoms with E-state index in [0.717, 1.165) is 11.1 Å². The van der Waals surface area contributed by atoms with E-state index in [2.05, 4.69) is 9.97 Å². The fraction of sp³-hybridized carbons (Fsp3) is 0.481. The van der Waals surface area contributed by atoms with Crippen LogP contribution in [0.3, 0.4) is 0 Å². The van der Waals surface area contributed by atoms with E-state index in [1.807, 2.05) is 46.4 Å². The number of aromatic nitrogens is 2. The van der Waals surface area contributed by atoms with Gasteiger partial charge in [-0.05, 0) is 70.9 Å². The Kier molecular flexibility index (Phi) is 7.38. The highest BCUT2D eigenvalue weighted by Crippen LogP contribution is 2.36. The molecule has 2 aliphatic rings. The monoisotopic (exact) mass is 511 g/mol. The molecule has 2 aromatic rings. The van der Waals surface area contributed by atoms with Crippen molar-refractivity contribution < 1.29 is 23.5 Å². The number of rotatable bonds is 6. The summed E-state index contributed by atoms with van der Waals surface area (Å²) in [6.45, 7) is 13.9. The Balaban J connectivity index is 1.52. The Morgan fingerprint density at radius 1 is 1.11 bits per heavy atom. The molecule has 1 aromatic heterocycles. The van der Waals surface area contributed by atoms with Crippen LogP contribution in [0.1, 0.15) is 51.9 Å². The highest BCUT2D eigenvalue weighted by atomic mass is 19.1. The second-order valence-corrected chi connectivity index (χ2v) is 10.5. The van der Waals surface area contributed by atoms with Crippen LogP contribution in [0.25, 0.3) is 0 Å². The molecule has 4 rings (SSSR count). The summed E-state index contributed by atoms with van der Waals surface area (Å²) in [7, 11) is 0. The van der Waals surface area contributed by atoms with Crippen LogP contribution in [0.4, 0.5) is 15.0 Å². The molecule has 9 nitrogen and oxygen atoms in total. The van der Waals surface area contributed by atoms with Crippen molar-refractivity contribution in [1.29, 1.82) is 0 Å². The van der Waals surface area contributed by atoms with E-state index < -0.39 is 11.4 Å². The summed E-state index contributed by atoms with van der Waals surface area (Å²) in [5.41, 5.74) is 1.88. The Bertz CT molecular complexity index is 1210. The van der Waals surface area contributed by atoms with Gasteiger partial charge in [0.1, 0.15) is 23.5 Å². The first-order chi connectivity index (χ1) is 17.5. The van der Waals surface area contributed by atoms with Gasteiger partial charge < -0.3 is 24.2 Å². The number of halogens is 1. The lowest BCUT2D eigenvalue weighted by molar-refractivity contribution is 0.0297. The average molecular weight is 512 g/mol. The number of amides is 2. The zero-order chi connectivity index (χ0) is 26.9. The number of benzene rings is 1. The van der Waals surface area contributed by atoms with Crippen LogP contribution < -0.4 is 9.64 Å². The maximum Gasteiger partial charge on any atom is 0.410 e. The third kappa shape index (κ3) is 5.84. The molecule has 0 saturated carbocycles. The molecule has 0 atom stereocenters. The fourth-order valence-corrected chi connectivity index (χ4v) is 4.58. The van der Waals surface area contributed by atoms with Crippen LogP contribution in [-0.4, -0.2) is 76.1 Å². The number of ether oxygens (including phenoxy) is 2. The fourth-order valence-electron chi connectivity index (χ4n) is 4.58. The molecule has 0 spiro atoms. The predicted molar refractivity (Wildman–Crippen MR) is 137 cm³/mol. The molecule has 198 valence electrons. The average Bonchev–Trinajstić information content (AvgIpc) is 3.39. The van der Waals surface area contributed by atoms with Crippen molar-refractivity contribution in [3.8, 4) is 11.5 Å². The third-order valence-corrected chi connectivity index (χ3v) is 6.25. The quantitative estimate of drug-likeness (QED) is 0.522. The second-order valence-electron chi connectivity index (χ2n) is 10.5. The van der Waals surface area contributed by atoms with Crippen LogP contribution >= 0.6 is 0 Å². The standard InChI is InChI=1S/C27H34FN5O4/c1-7-33(17(2)3)25(34)21-10-20(28)8-9-22(21)36-23-11-29-16-30-24(23)31-12-18-14-32(15-19(18)13-31)26(35)37-27(4,5)6/h8-11,16-17H,7,12-15H2,1-6H3. The molecule has 2 aliphatic heterocycles. The van der Waals surface area contributed by atoms with Gasteiger partial charge in [-0.2, -0.15) is 0 Å². The van der Waals surface area contributed by atoms with Crippen molar-refractivity contribution in [2.75, 3.05) is 37.6 Å². The molecule has 10 heteroatoms.